The summed E-state index contributed by atoms with van der Waals surface area (Å²) in [6.45, 7) is 5.87. The zero-order valence-electron chi connectivity index (χ0n) is 22.3. The van der Waals surface area contributed by atoms with Gasteiger partial charge in [-0.25, -0.2) is 4.79 Å². The first kappa shape index (κ1) is 30.4. The van der Waals surface area contributed by atoms with Gasteiger partial charge in [-0.1, -0.05) is 51.8 Å². The molecule has 10 heteroatoms. The smallest absolute Gasteiger partial charge is 0.327 e. The minimum absolute atomic E-state index is 0.0886. The van der Waals surface area contributed by atoms with Crippen molar-refractivity contribution >= 4 is 34.6 Å². The van der Waals surface area contributed by atoms with Crippen LogP contribution >= 0.6 is 0 Å². The molecule has 1 aromatic carbocycles. The molecular formula is C28H39N5O5. The second-order valence-corrected chi connectivity index (χ2v) is 9.87. The predicted molar refractivity (Wildman–Crippen MR) is 146 cm³/mol. The molecule has 2 aromatic rings. The summed E-state index contributed by atoms with van der Waals surface area (Å²) in [7, 11) is 0. The normalized spacial score (nSPS) is 14.2. The quantitative estimate of drug-likeness (QED) is 0.194. The zero-order chi connectivity index (χ0) is 28.2. The fourth-order valence-electron chi connectivity index (χ4n) is 4.16. The number of fused-ring (bicyclic) bond motifs is 1. The third-order valence-electron chi connectivity index (χ3n) is 6.21. The van der Waals surface area contributed by atoms with Gasteiger partial charge in [0, 0.05) is 29.9 Å². The van der Waals surface area contributed by atoms with Gasteiger partial charge in [0.1, 0.15) is 18.1 Å². The van der Waals surface area contributed by atoms with Crippen LogP contribution in [0, 0.1) is 18.3 Å². The van der Waals surface area contributed by atoms with Crippen molar-refractivity contribution in [2.75, 3.05) is 0 Å². The molecule has 0 unspecified atom stereocenters. The summed E-state index contributed by atoms with van der Waals surface area (Å²) in [6.07, 6.45) is 9.18. The van der Waals surface area contributed by atoms with Gasteiger partial charge in [0.2, 0.25) is 17.7 Å². The Kier molecular flexibility index (Phi) is 11.8. The summed E-state index contributed by atoms with van der Waals surface area (Å²) in [5.74, 6) is -0.509. The number of nitrogens with two attached hydrogens (primary N) is 1. The van der Waals surface area contributed by atoms with Crippen molar-refractivity contribution in [2.24, 2.45) is 11.7 Å². The molecule has 0 fully saturated rings. The summed E-state index contributed by atoms with van der Waals surface area (Å²) in [5, 5.41) is 18.2. The molecule has 2 rings (SSSR count). The van der Waals surface area contributed by atoms with Crippen molar-refractivity contribution < 1.29 is 24.3 Å². The zero-order valence-corrected chi connectivity index (χ0v) is 22.3. The topological polar surface area (TPSA) is 166 Å². The van der Waals surface area contributed by atoms with Crippen molar-refractivity contribution in [1.82, 2.24) is 20.9 Å². The van der Waals surface area contributed by atoms with Gasteiger partial charge in [0.05, 0.1) is 6.04 Å². The number of hydrogen-bond donors (Lipinski definition) is 6. The number of unbranched alkanes of at least 4 members (excludes halogenated alkanes) is 1. The molecule has 0 bridgehead atoms. The van der Waals surface area contributed by atoms with Gasteiger partial charge in [0.25, 0.3) is 0 Å². The SMILES string of the molecule is C#CC[C@H](NC(=O)[C@@H](Cc1c[nH]c2ccccc12)NC(=O)[C@H](CCCC)NC(=O)[C@H](N)CC(C)C)C(=O)O. The van der Waals surface area contributed by atoms with E-state index in [2.05, 4.69) is 26.9 Å². The molecule has 0 radical (unpaired) electrons. The lowest BCUT2D eigenvalue weighted by atomic mass is 10.0. The summed E-state index contributed by atoms with van der Waals surface area (Å²) >= 11 is 0. The van der Waals surface area contributed by atoms with Gasteiger partial charge in [-0.05, 0) is 30.4 Å². The monoisotopic (exact) mass is 525 g/mol. The number of hydrogen-bond acceptors (Lipinski definition) is 5. The molecule has 1 aromatic heterocycles. The molecule has 0 saturated heterocycles. The summed E-state index contributed by atoms with van der Waals surface area (Å²) in [5.41, 5.74) is 7.64. The third kappa shape index (κ3) is 8.92. The Morgan fingerprint density at radius 1 is 1.03 bits per heavy atom. The van der Waals surface area contributed by atoms with Crippen LogP contribution in [-0.2, 0) is 25.6 Å². The van der Waals surface area contributed by atoms with Crippen LogP contribution in [0.15, 0.2) is 30.5 Å². The Morgan fingerprint density at radius 3 is 2.29 bits per heavy atom. The second kappa shape index (κ2) is 14.8. The van der Waals surface area contributed by atoms with Gasteiger partial charge < -0.3 is 31.8 Å². The Bertz CT molecular complexity index is 1150. The number of carboxylic acid groups (broad SMARTS) is 1. The number of para-hydroxylation sites is 1. The minimum Gasteiger partial charge on any atom is -0.480 e. The maximum atomic E-state index is 13.4. The van der Waals surface area contributed by atoms with E-state index in [0.29, 0.717) is 19.3 Å². The minimum atomic E-state index is -1.31. The standard InChI is InChI=1S/C28H39N5O5/c1-5-7-12-22(31-25(34)20(29)14-17(3)4)26(35)33-24(27(36)32-23(10-6-2)28(37)38)15-18-16-30-21-13-9-8-11-19(18)21/h2,8-9,11,13,16-17,20,22-24,30H,5,7,10,12,14-15,29H2,1,3-4H3,(H,31,34)(H,32,36)(H,33,35)(H,37,38)/t20-,22+,23+,24-/m1/s1. The van der Waals surface area contributed by atoms with Crippen LogP contribution in [0.4, 0.5) is 0 Å². The van der Waals surface area contributed by atoms with Gasteiger partial charge in [-0.15, -0.1) is 12.3 Å². The largest absolute Gasteiger partial charge is 0.480 e. The molecule has 7 N–H and O–H groups in total. The highest BCUT2D eigenvalue weighted by Gasteiger charge is 2.30. The number of carbonyl (C=O) groups excluding carboxylic acids is 3. The fourth-order valence-corrected chi connectivity index (χ4v) is 4.16. The fraction of sp³-hybridized carbons (Fsp3) is 0.500. The number of amides is 3. The van der Waals surface area contributed by atoms with Gasteiger partial charge >= 0.3 is 5.97 Å². The van der Waals surface area contributed by atoms with Crippen molar-refractivity contribution in [3.05, 3.63) is 36.0 Å². The Morgan fingerprint density at radius 2 is 1.66 bits per heavy atom. The highest BCUT2D eigenvalue weighted by atomic mass is 16.4. The van der Waals surface area contributed by atoms with Gasteiger partial charge in [0.15, 0.2) is 0 Å². The average Bonchev–Trinajstić information content (AvgIpc) is 3.27. The molecular weight excluding hydrogens is 486 g/mol. The number of terminal acetylenes is 1. The molecule has 3 amide bonds. The number of carbonyl (C=O) groups is 4. The van der Waals surface area contributed by atoms with Gasteiger partial charge in [-0.2, -0.15) is 0 Å². The highest BCUT2D eigenvalue weighted by molar-refractivity contribution is 5.94. The molecule has 0 aliphatic heterocycles. The van der Waals surface area contributed by atoms with Crippen molar-refractivity contribution in [3.63, 3.8) is 0 Å². The maximum absolute atomic E-state index is 13.4. The third-order valence-corrected chi connectivity index (χ3v) is 6.21. The summed E-state index contributed by atoms with van der Waals surface area (Å²) < 4.78 is 0. The number of aromatic amines is 1. The first-order valence-corrected chi connectivity index (χ1v) is 12.9. The number of rotatable bonds is 15. The predicted octanol–water partition coefficient (Wildman–Crippen LogP) is 1.84. The molecule has 10 nitrogen and oxygen atoms in total. The molecule has 4 atom stereocenters. The van der Waals surface area contributed by atoms with Crippen molar-refractivity contribution in [1.29, 1.82) is 0 Å². The highest BCUT2D eigenvalue weighted by Crippen LogP contribution is 2.19. The lowest BCUT2D eigenvalue weighted by molar-refractivity contribution is -0.142. The van der Waals surface area contributed by atoms with Crippen LogP contribution in [0.5, 0.6) is 0 Å². The van der Waals surface area contributed by atoms with Crippen LogP contribution in [0.2, 0.25) is 0 Å². The number of nitrogens with one attached hydrogen (secondary N) is 4. The van der Waals surface area contributed by atoms with Crippen LogP contribution in [-0.4, -0.2) is 57.9 Å². The Labute approximate surface area is 223 Å². The summed E-state index contributed by atoms with van der Waals surface area (Å²) in [6, 6.07) is 3.41. The maximum Gasteiger partial charge on any atom is 0.327 e. The van der Waals surface area contributed by atoms with Crippen LogP contribution < -0.4 is 21.7 Å². The van der Waals surface area contributed by atoms with E-state index in [1.54, 1.807) is 6.20 Å². The van der Waals surface area contributed by atoms with E-state index in [9.17, 15) is 24.3 Å². The molecule has 38 heavy (non-hydrogen) atoms. The van der Waals surface area contributed by atoms with E-state index in [4.69, 9.17) is 12.2 Å². The van der Waals surface area contributed by atoms with E-state index in [0.717, 1.165) is 22.9 Å². The van der Waals surface area contributed by atoms with Gasteiger partial charge in [-0.3, -0.25) is 14.4 Å². The van der Waals surface area contributed by atoms with Crippen LogP contribution in [0.1, 0.15) is 58.4 Å². The first-order valence-electron chi connectivity index (χ1n) is 12.9. The molecule has 0 spiro atoms. The number of carboxylic acids is 1. The van der Waals surface area contributed by atoms with Crippen LogP contribution in [0.25, 0.3) is 10.9 Å². The molecule has 0 aliphatic rings. The molecule has 206 valence electrons. The lowest BCUT2D eigenvalue weighted by Gasteiger charge is -2.25. The summed E-state index contributed by atoms with van der Waals surface area (Å²) in [4.78, 5) is 54.0. The molecule has 0 saturated carbocycles. The number of aromatic nitrogens is 1. The molecule has 1 heterocycles. The van der Waals surface area contributed by atoms with Crippen LogP contribution in [0.3, 0.4) is 0 Å². The van der Waals surface area contributed by atoms with E-state index in [1.807, 2.05) is 45.0 Å². The number of aliphatic carboxylic acids is 1. The average molecular weight is 526 g/mol. The lowest BCUT2D eigenvalue weighted by Crippen LogP contribution is -2.57. The van der Waals surface area contributed by atoms with E-state index < -0.39 is 47.9 Å². The number of H-pyrrole nitrogens is 1. The van der Waals surface area contributed by atoms with E-state index in [1.165, 1.54) is 0 Å². The Hall–Kier alpha value is -3.84. The number of benzene rings is 1. The van der Waals surface area contributed by atoms with Crippen molar-refractivity contribution in [3.8, 4) is 12.3 Å². The molecule has 0 aliphatic carbocycles. The van der Waals surface area contributed by atoms with E-state index in [-0.39, 0.29) is 18.8 Å². The first-order chi connectivity index (χ1) is 18.1. The van der Waals surface area contributed by atoms with Crippen molar-refractivity contribution in [2.45, 2.75) is 83.5 Å². The van der Waals surface area contributed by atoms with E-state index >= 15 is 0 Å². The Balaban J connectivity index is 2.29. The second-order valence-electron chi connectivity index (χ2n) is 9.87.